The molecule has 2 aromatic carbocycles. The molecule has 0 saturated carbocycles. The van der Waals surface area contributed by atoms with E-state index in [0.717, 1.165) is 0 Å². The fourth-order valence-electron chi connectivity index (χ4n) is 2.76. The van der Waals surface area contributed by atoms with Crippen LogP contribution < -0.4 is 15.2 Å². The molecule has 27 heavy (non-hydrogen) atoms. The molecule has 2 N–H and O–H groups in total. The molecule has 0 amide bonds. The third-order valence-electron chi connectivity index (χ3n) is 3.94. The first kappa shape index (κ1) is 20.6. The van der Waals surface area contributed by atoms with E-state index in [1.165, 1.54) is 21.3 Å². The average molecular weight is 392 g/mol. The average Bonchev–Trinajstić information content (AvgIpc) is 2.66. The number of hydrogen-bond acceptors (Lipinski definition) is 7. The predicted octanol–water partition coefficient (Wildman–Crippen LogP) is 2.78. The van der Waals surface area contributed by atoms with Crippen molar-refractivity contribution in [3.05, 3.63) is 53.1 Å². The Morgan fingerprint density at radius 2 is 1.56 bits per heavy atom. The summed E-state index contributed by atoms with van der Waals surface area (Å²) in [4.78, 5) is 0. The van der Waals surface area contributed by atoms with Crippen molar-refractivity contribution in [1.82, 2.24) is 0 Å². The summed E-state index contributed by atoms with van der Waals surface area (Å²) in [7, 11) is 6.01. The maximum atomic E-state index is 11.3. The van der Waals surface area contributed by atoms with Gasteiger partial charge in [-0.1, -0.05) is 23.2 Å². The maximum Gasteiger partial charge on any atom is 0.172 e. The zero-order valence-electron chi connectivity index (χ0n) is 15.6. The normalized spacial score (nSPS) is 12.8. The number of methoxy groups -OCH3 is 4. The van der Waals surface area contributed by atoms with Gasteiger partial charge in [-0.15, -0.1) is 0 Å². The van der Waals surface area contributed by atoms with Crippen LogP contribution >= 0.6 is 0 Å². The molecule has 0 aliphatic heterocycles. The number of rotatable bonds is 8. The molecular weight excluding hydrogens is 370 g/mol. The molecule has 0 bridgehead atoms. The zero-order chi connectivity index (χ0) is 20.0. The van der Waals surface area contributed by atoms with Crippen molar-refractivity contribution in [3.63, 3.8) is 0 Å². The summed E-state index contributed by atoms with van der Waals surface area (Å²) in [5.41, 5.74) is 7.89. The monoisotopic (exact) mass is 392 g/mol. The molecule has 2 rings (SSSR count). The van der Waals surface area contributed by atoms with Crippen LogP contribution in [0.4, 0.5) is 5.69 Å². The number of ether oxygens (including phenoxy) is 4. The van der Waals surface area contributed by atoms with E-state index in [-0.39, 0.29) is 5.75 Å². The van der Waals surface area contributed by atoms with Crippen LogP contribution in [-0.2, 0) is 26.3 Å². The molecule has 0 aromatic heterocycles. The molecule has 0 spiro atoms. The third kappa shape index (κ3) is 4.53. The van der Waals surface area contributed by atoms with Crippen LogP contribution in [0.2, 0.25) is 0 Å². The molecule has 8 heteroatoms. The van der Waals surface area contributed by atoms with Crippen molar-refractivity contribution < 1.29 is 27.7 Å². The number of nitrogen functional groups attached to an aromatic ring is 1. The van der Waals surface area contributed by atoms with E-state index in [1.807, 2.05) is 18.2 Å². The highest BCUT2D eigenvalue weighted by Gasteiger charge is 2.21. The molecule has 0 aliphatic rings. The second-order valence-corrected chi connectivity index (χ2v) is 6.36. The summed E-state index contributed by atoms with van der Waals surface area (Å²) >= 11 is -2.32. The number of benzene rings is 2. The Labute approximate surface area is 161 Å². The smallest absolute Gasteiger partial charge is 0.172 e. The molecule has 0 heterocycles. The van der Waals surface area contributed by atoms with E-state index in [2.05, 4.69) is 0 Å². The molecule has 0 aliphatic carbocycles. The molecule has 0 fully saturated rings. The Morgan fingerprint density at radius 1 is 0.963 bits per heavy atom. The van der Waals surface area contributed by atoms with Gasteiger partial charge in [0, 0.05) is 11.3 Å². The molecule has 0 saturated heterocycles. The van der Waals surface area contributed by atoms with E-state index in [4.69, 9.17) is 24.7 Å². The lowest BCUT2D eigenvalue weighted by Gasteiger charge is -2.20. The number of hydrogen-bond donors (Lipinski definition) is 1. The highest BCUT2D eigenvalue weighted by molar-refractivity contribution is 7.78. The van der Waals surface area contributed by atoms with Crippen LogP contribution in [-0.4, -0.2) is 37.2 Å². The molecule has 1 unspecified atom stereocenters. The van der Waals surface area contributed by atoms with Crippen molar-refractivity contribution in [2.75, 3.05) is 34.2 Å². The van der Waals surface area contributed by atoms with Crippen molar-refractivity contribution in [2.45, 2.75) is 5.75 Å². The third-order valence-corrected chi connectivity index (χ3v) is 4.49. The van der Waals surface area contributed by atoms with Gasteiger partial charge in [0.1, 0.15) is 11.5 Å². The van der Waals surface area contributed by atoms with Gasteiger partial charge in [-0.25, -0.2) is 0 Å². The standard InChI is InChI=1S/C19H23NO6S/c1-23-16-8-6-5-7-13(16)18(25-3)19(26-4)14-10-17(24-2)15(20)9-12(14)11-27(21)22/h5-10H,11,20H2,1-4H3,(H,21,22)/p-1. The molecule has 146 valence electrons. The van der Waals surface area contributed by atoms with Gasteiger partial charge in [-0.3, -0.25) is 4.21 Å². The van der Waals surface area contributed by atoms with Crippen LogP contribution in [0, 0.1) is 0 Å². The number of nitrogens with two attached hydrogens (primary N) is 1. The minimum absolute atomic E-state index is 0.237. The van der Waals surface area contributed by atoms with Crippen molar-refractivity contribution in [2.24, 2.45) is 0 Å². The molecule has 7 nitrogen and oxygen atoms in total. The van der Waals surface area contributed by atoms with Crippen molar-refractivity contribution in [3.8, 4) is 11.5 Å². The number of para-hydroxylation sites is 1. The largest absolute Gasteiger partial charge is 0.772 e. The van der Waals surface area contributed by atoms with Crippen molar-refractivity contribution >= 4 is 28.3 Å². The highest BCUT2D eigenvalue weighted by atomic mass is 32.2. The van der Waals surface area contributed by atoms with Crippen LogP contribution in [0.5, 0.6) is 11.5 Å². The minimum atomic E-state index is -2.32. The second kappa shape index (κ2) is 9.29. The lowest BCUT2D eigenvalue weighted by atomic mass is 10.0. The summed E-state index contributed by atoms with van der Waals surface area (Å²) in [6, 6.07) is 10.5. The van der Waals surface area contributed by atoms with Crippen LogP contribution in [0.25, 0.3) is 11.5 Å². The van der Waals surface area contributed by atoms with Crippen LogP contribution in [0.3, 0.4) is 0 Å². The molecule has 1 atom stereocenters. The Hall–Kier alpha value is -2.71. The SMILES string of the molecule is COC(=C(OC)c1ccccc1OC)c1cc(OC)c(N)cc1CS(=O)[O-]. The minimum Gasteiger partial charge on any atom is -0.772 e. The second-order valence-electron chi connectivity index (χ2n) is 5.47. The Balaban J connectivity index is 2.80. The lowest BCUT2D eigenvalue weighted by Crippen LogP contribution is -2.06. The molecule has 2 aromatic rings. The Bertz CT molecular complexity index is 865. The topological polar surface area (TPSA) is 103 Å². The van der Waals surface area contributed by atoms with Gasteiger partial charge in [0.05, 0.1) is 39.7 Å². The van der Waals surface area contributed by atoms with E-state index in [9.17, 15) is 8.76 Å². The summed E-state index contributed by atoms with van der Waals surface area (Å²) in [5, 5.41) is 0. The lowest BCUT2D eigenvalue weighted by molar-refractivity contribution is 0.325. The Kier molecular flexibility index (Phi) is 7.09. The molecule has 0 radical (unpaired) electrons. The van der Waals surface area contributed by atoms with Gasteiger partial charge in [-0.2, -0.15) is 0 Å². The molecular formula is C19H22NO6S-. The summed E-state index contributed by atoms with van der Waals surface area (Å²) < 4.78 is 44.5. The van der Waals surface area contributed by atoms with Gasteiger partial charge in [0.25, 0.3) is 0 Å². The summed E-state index contributed by atoms with van der Waals surface area (Å²) in [5.74, 6) is 1.47. The maximum absolute atomic E-state index is 11.3. The van der Waals surface area contributed by atoms with Gasteiger partial charge >= 0.3 is 0 Å². The van der Waals surface area contributed by atoms with Gasteiger partial charge < -0.3 is 29.2 Å². The quantitative estimate of drug-likeness (QED) is 0.319. The number of anilines is 1. The highest BCUT2D eigenvalue weighted by Crippen LogP contribution is 2.37. The predicted molar refractivity (Wildman–Crippen MR) is 104 cm³/mol. The first-order chi connectivity index (χ1) is 13.0. The summed E-state index contributed by atoms with van der Waals surface area (Å²) in [6.07, 6.45) is 0. The van der Waals surface area contributed by atoms with Gasteiger partial charge in [0.2, 0.25) is 0 Å². The van der Waals surface area contributed by atoms with Crippen molar-refractivity contribution in [1.29, 1.82) is 0 Å². The van der Waals surface area contributed by atoms with E-state index in [0.29, 0.717) is 45.4 Å². The summed E-state index contributed by atoms with van der Waals surface area (Å²) in [6.45, 7) is 0. The van der Waals surface area contributed by atoms with E-state index in [1.54, 1.807) is 25.3 Å². The van der Waals surface area contributed by atoms with Crippen LogP contribution in [0.1, 0.15) is 16.7 Å². The first-order valence-electron chi connectivity index (χ1n) is 7.95. The van der Waals surface area contributed by atoms with E-state index < -0.39 is 11.1 Å². The van der Waals surface area contributed by atoms with Gasteiger partial charge in [-0.05, 0) is 29.8 Å². The first-order valence-corrected chi connectivity index (χ1v) is 9.19. The van der Waals surface area contributed by atoms with Gasteiger partial charge in [0.15, 0.2) is 11.5 Å². The Morgan fingerprint density at radius 3 is 2.11 bits per heavy atom. The zero-order valence-corrected chi connectivity index (χ0v) is 16.4. The van der Waals surface area contributed by atoms with E-state index >= 15 is 0 Å². The fraction of sp³-hybridized carbons (Fsp3) is 0.263. The van der Waals surface area contributed by atoms with Crippen LogP contribution in [0.15, 0.2) is 36.4 Å². The fourth-order valence-corrected chi connectivity index (χ4v) is 3.25.